The minimum absolute atomic E-state index is 0.0264. The SMILES string of the molecule is O=C(/C=C/c1ccc([N+](=O)[O-])cc1)NCc1ccccc1CN1CCOCC1. The fourth-order valence-electron chi connectivity index (χ4n) is 3.00. The van der Waals surface area contributed by atoms with Crippen LogP contribution in [0.3, 0.4) is 0 Å². The number of hydrogen-bond donors (Lipinski definition) is 1. The van der Waals surface area contributed by atoms with Crippen molar-refractivity contribution in [2.45, 2.75) is 13.1 Å². The highest BCUT2D eigenvalue weighted by Crippen LogP contribution is 2.14. The molecule has 3 rings (SSSR count). The van der Waals surface area contributed by atoms with E-state index in [4.69, 9.17) is 4.74 Å². The number of nitrogens with zero attached hydrogens (tertiary/aromatic N) is 2. The lowest BCUT2D eigenvalue weighted by Crippen LogP contribution is -2.36. The Hall–Kier alpha value is -3.03. The van der Waals surface area contributed by atoms with E-state index in [1.165, 1.54) is 23.8 Å². The zero-order valence-electron chi connectivity index (χ0n) is 15.5. The second-order valence-corrected chi connectivity index (χ2v) is 6.56. The zero-order chi connectivity index (χ0) is 19.8. The first-order valence-electron chi connectivity index (χ1n) is 9.19. The largest absolute Gasteiger partial charge is 0.379 e. The standard InChI is InChI=1S/C21H23N3O4/c25-21(10-7-17-5-8-20(9-6-17)24(26)27)22-15-18-3-1-2-4-19(18)16-23-11-13-28-14-12-23/h1-10H,11-16H2,(H,22,25)/b10-7+. The Morgan fingerprint density at radius 2 is 1.79 bits per heavy atom. The van der Waals surface area contributed by atoms with Gasteiger partial charge in [0, 0.05) is 44.4 Å². The molecule has 1 saturated heterocycles. The lowest BCUT2D eigenvalue weighted by Gasteiger charge is -2.27. The van der Waals surface area contributed by atoms with Crippen molar-refractivity contribution in [3.63, 3.8) is 0 Å². The first-order valence-corrected chi connectivity index (χ1v) is 9.19. The summed E-state index contributed by atoms with van der Waals surface area (Å²) < 4.78 is 5.39. The van der Waals surface area contributed by atoms with Crippen molar-refractivity contribution in [2.24, 2.45) is 0 Å². The van der Waals surface area contributed by atoms with Crippen molar-refractivity contribution in [2.75, 3.05) is 26.3 Å². The van der Waals surface area contributed by atoms with Crippen LogP contribution in [-0.4, -0.2) is 42.0 Å². The fourth-order valence-corrected chi connectivity index (χ4v) is 3.00. The summed E-state index contributed by atoms with van der Waals surface area (Å²) in [7, 11) is 0. The van der Waals surface area contributed by atoms with Gasteiger partial charge in [-0.1, -0.05) is 24.3 Å². The van der Waals surface area contributed by atoms with Crippen molar-refractivity contribution >= 4 is 17.7 Å². The lowest BCUT2D eigenvalue weighted by atomic mass is 10.1. The smallest absolute Gasteiger partial charge is 0.269 e. The van der Waals surface area contributed by atoms with Gasteiger partial charge >= 0.3 is 0 Å². The Bertz CT molecular complexity index is 843. The van der Waals surface area contributed by atoms with Crippen LogP contribution in [0.5, 0.6) is 0 Å². The fraction of sp³-hybridized carbons (Fsp3) is 0.286. The molecule has 0 spiro atoms. The maximum Gasteiger partial charge on any atom is 0.269 e. The van der Waals surface area contributed by atoms with Crippen LogP contribution in [0.2, 0.25) is 0 Å². The summed E-state index contributed by atoms with van der Waals surface area (Å²) in [6.07, 6.45) is 3.07. The highest BCUT2D eigenvalue weighted by Gasteiger charge is 2.12. The second kappa shape index (κ2) is 9.77. The van der Waals surface area contributed by atoms with E-state index in [0.29, 0.717) is 6.54 Å². The quantitative estimate of drug-likeness (QED) is 0.453. The summed E-state index contributed by atoms with van der Waals surface area (Å²) in [5.41, 5.74) is 3.04. The topological polar surface area (TPSA) is 84.7 Å². The van der Waals surface area contributed by atoms with Gasteiger partial charge in [0.2, 0.25) is 5.91 Å². The van der Waals surface area contributed by atoms with Crippen LogP contribution < -0.4 is 5.32 Å². The molecule has 0 aliphatic carbocycles. The molecule has 7 nitrogen and oxygen atoms in total. The highest BCUT2D eigenvalue weighted by atomic mass is 16.6. The molecule has 0 aromatic heterocycles. The van der Waals surface area contributed by atoms with Crippen molar-refractivity contribution in [1.82, 2.24) is 10.2 Å². The first kappa shape index (κ1) is 19.7. The number of carbonyl (C=O) groups is 1. The third kappa shape index (κ3) is 5.73. The van der Waals surface area contributed by atoms with E-state index in [2.05, 4.69) is 16.3 Å². The van der Waals surface area contributed by atoms with Crippen LogP contribution in [0.25, 0.3) is 6.08 Å². The van der Waals surface area contributed by atoms with E-state index >= 15 is 0 Å². The number of nitrogens with one attached hydrogen (secondary N) is 1. The Kier molecular flexibility index (Phi) is 6.89. The molecule has 0 unspecified atom stereocenters. The second-order valence-electron chi connectivity index (χ2n) is 6.56. The van der Waals surface area contributed by atoms with Gasteiger partial charge in [-0.2, -0.15) is 0 Å². The minimum atomic E-state index is -0.450. The van der Waals surface area contributed by atoms with Gasteiger partial charge in [0.1, 0.15) is 0 Å². The third-order valence-electron chi connectivity index (χ3n) is 4.60. The van der Waals surface area contributed by atoms with Crippen molar-refractivity contribution < 1.29 is 14.5 Å². The van der Waals surface area contributed by atoms with Crippen LogP contribution in [0.1, 0.15) is 16.7 Å². The number of nitro benzene ring substituents is 1. The number of benzene rings is 2. The monoisotopic (exact) mass is 381 g/mol. The molecule has 1 aliphatic heterocycles. The van der Waals surface area contributed by atoms with E-state index < -0.39 is 4.92 Å². The maximum absolute atomic E-state index is 12.1. The Balaban J connectivity index is 1.54. The molecule has 2 aromatic carbocycles. The summed E-state index contributed by atoms with van der Waals surface area (Å²) in [4.78, 5) is 24.7. The predicted octanol–water partition coefficient (Wildman–Crippen LogP) is 2.76. The molecule has 0 atom stereocenters. The molecule has 146 valence electrons. The van der Waals surface area contributed by atoms with Crippen molar-refractivity contribution in [3.8, 4) is 0 Å². The number of rotatable bonds is 7. The van der Waals surface area contributed by atoms with Crippen LogP contribution in [-0.2, 0) is 22.6 Å². The minimum Gasteiger partial charge on any atom is -0.379 e. The molecule has 1 fully saturated rings. The van der Waals surface area contributed by atoms with E-state index in [1.54, 1.807) is 18.2 Å². The Morgan fingerprint density at radius 3 is 2.46 bits per heavy atom. The molecule has 2 aromatic rings. The molecule has 0 radical (unpaired) electrons. The normalized spacial score (nSPS) is 14.9. The van der Waals surface area contributed by atoms with Crippen molar-refractivity contribution in [3.05, 3.63) is 81.4 Å². The van der Waals surface area contributed by atoms with Gasteiger partial charge < -0.3 is 10.1 Å². The molecule has 0 saturated carbocycles. The van der Waals surface area contributed by atoms with Crippen LogP contribution in [0.15, 0.2) is 54.6 Å². The molecule has 0 bridgehead atoms. The van der Waals surface area contributed by atoms with Crippen LogP contribution >= 0.6 is 0 Å². The average Bonchev–Trinajstić information content (AvgIpc) is 2.72. The average molecular weight is 381 g/mol. The number of carbonyl (C=O) groups excluding carboxylic acids is 1. The highest BCUT2D eigenvalue weighted by molar-refractivity contribution is 5.91. The van der Waals surface area contributed by atoms with Gasteiger partial charge in [0.15, 0.2) is 0 Å². The van der Waals surface area contributed by atoms with E-state index in [-0.39, 0.29) is 11.6 Å². The predicted molar refractivity (Wildman–Crippen MR) is 107 cm³/mol. The number of non-ortho nitro benzene ring substituents is 1. The molecule has 7 heteroatoms. The van der Waals surface area contributed by atoms with Gasteiger partial charge in [0.25, 0.3) is 5.69 Å². The summed E-state index contributed by atoms with van der Waals surface area (Å²) >= 11 is 0. The van der Waals surface area contributed by atoms with Gasteiger partial charge in [0.05, 0.1) is 18.1 Å². The first-order chi connectivity index (χ1) is 13.6. The maximum atomic E-state index is 12.1. The third-order valence-corrected chi connectivity index (χ3v) is 4.60. The van der Waals surface area contributed by atoms with Gasteiger partial charge in [-0.05, 0) is 34.9 Å². The molecule has 1 amide bonds. The zero-order valence-corrected chi connectivity index (χ0v) is 15.5. The van der Waals surface area contributed by atoms with Crippen LogP contribution in [0, 0.1) is 10.1 Å². The van der Waals surface area contributed by atoms with E-state index in [1.807, 2.05) is 18.2 Å². The summed E-state index contributed by atoms with van der Waals surface area (Å²) in [6.45, 7) is 4.63. The van der Waals surface area contributed by atoms with E-state index in [9.17, 15) is 14.9 Å². The van der Waals surface area contributed by atoms with Gasteiger partial charge in [-0.3, -0.25) is 19.8 Å². The van der Waals surface area contributed by atoms with Crippen LogP contribution in [0.4, 0.5) is 5.69 Å². The molecular formula is C21H23N3O4. The number of amides is 1. The molecule has 28 heavy (non-hydrogen) atoms. The van der Waals surface area contributed by atoms with E-state index in [0.717, 1.165) is 44.0 Å². The summed E-state index contributed by atoms with van der Waals surface area (Å²) in [6, 6.07) is 14.1. The number of morpholine rings is 1. The number of nitro groups is 1. The Morgan fingerprint density at radius 1 is 1.11 bits per heavy atom. The van der Waals surface area contributed by atoms with Gasteiger partial charge in [-0.25, -0.2) is 0 Å². The number of hydrogen-bond acceptors (Lipinski definition) is 5. The lowest BCUT2D eigenvalue weighted by molar-refractivity contribution is -0.384. The Labute approximate surface area is 163 Å². The summed E-state index contributed by atoms with van der Waals surface area (Å²) in [5.74, 6) is -0.209. The van der Waals surface area contributed by atoms with Crippen molar-refractivity contribution in [1.29, 1.82) is 0 Å². The molecule has 1 N–H and O–H groups in total. The summed E-state index contributed by atoms with van der Waals surface area (Å²) in [5, 5.41) is 13.6. The molecule has 1 aliphatic rings. The number of ether oxygens (including phenoxy) is 1. The molecular weight excluding hydrogens is 358 g/mol. The molecule has 1 heterocycles. The van der Waals surface area contributed by atoms with Gasteiger partial charge in [-0.15, -0.1) is 0 Å².